The molecule has 0 aliphatic heterocycles. The van der Waals surface area contributed by atoms with E-state index in [1.807, 2.05) is 0 Å². The van der Waals surface area contributed by atoms with Crippen LogP contribution in [0.1, 0.15) is 44.5 Å². The summed E-state index contributed by atoms with van der Waals surface area (Å²) in [6.07, 6.45) is 3.86. The molecule has 5 aromatic rings. The molecule has 0 nitrogen and oxygen atoms in total. The number of benzene rings is 5. The number of rotatable bonds is 8. The molecular weight excluding hydrogens is 408 g/mol. The van der Waals surface area contributed by atoms with Gasteiger partial charge in [0.1, 0.15) is 0 Å². The normalized spacial score (nSPS) is 10.8. The molecule has 5 rings (SSSR count). The molecule has 0 atom stereocenters. The van der Waals surface area contributed by atoms with Gasteiger partial charge in [-0.2, -0.15) is 0 Å². The van der Waals surface area contributed by atoms with Crippen molar-refractivity contribution in [2.75, 3.05) is 0 Å². The van der Waals surface area contributed by atoms with E-state index >= 15 is 0 Å². The van der Waals surface area contributed by atoms with Gasteiger partial charge in [-0.3, -0.25) is 0 Å². The van der Waals surface area contributed by atoms with Crippen LogP contribution in [0.25, 0.3) is 0 Å². The van der Waals surface area contributed by atoms with Crippen LogP contribution in [0, 0.1) is 0 Å². The van der Waals surface area contributed by atoms with Gasteiger partial charge in [0.25, 0.3) is 0 Å². The van der Waals surface area contributed by atoms with Crippen molar-refractivity contribution >= 4 is 0 Å². The van der Waals surface area contributed by atoms with E-state index in [1.54, 1.807) is 0 Å². The lowest BCUT2D eigenvalue weighted by molar-refractivity contribution is 1.03. The van der Waals surface area contributed by atoms with Crippen LogP contribution in [0.15, 0.2) is 133 Å². The Morgan fingerprint density at radius 2 is 0.471 bits per heavy atom. The summed E-state index contributed by atoms with van der Waals surface area (Å²) in [5, 5.41) is 0. The van der Waals surface area contributed by atoms with E-state index in [1.165, 1.54) is 44.5 Å². The minimum Gasteiger partial charge on any atom is -0.0622 e. The van der Waals surface area contributed by atoms with Crippen LogP contribution >= 0.6 is 0 Å². The zero-order chi connectivity index (χ0) is 23.0. The fraction of sp³-hybridized carbons (Fsp3) is 0.118. The third kappa shape index (κ3) is 5.53. The van der Waals surface area contributed by atoms with Crippen molar-refractivity contribution in [3.8, 4) is 0 Å². The Bertz CT molecular complexity index is 1230. The van der Waals surface area contributed by atoms with Crippen LogP contribution < -0.4 is 0 Å². The lowest BCUT2D eigenvalue weighted by Crippen LogP contribution is -2.02. The first-order valence-corrected chi connectivity index (χ1v) is 12.1. The van der Waals surface area contributed by atoms with Crippen molar-refractivity contribution in [2.45, 2.75) is 25.7 Å². The van der Waals surface area contributed by atoms with Crippen LogP contribution in [0.5, 0.6) is 0 Å². The fourth-order valence-electron chi connectivity index (χ4n) is 4.75. The topological polar surface area (TPSA) is 0 Å². The molecule has 5 aromatic carbocycles. The molecule has 34 heavy (non-hydrogen) atoms. The smallest absolute Gasteiger partial charge is 0.00201 e. The molecule has 166 valence electrons. The molecule has 0 aliphatic rings. The molecule has 0 saturated carbocycles. The van der Waals surface area contributed by atoms with Crippen molar-refractivity contribution in [3.05, 3.63) is 178 Å². The van der Waals surface area contributed by atoms with Gasteiger partial charge in [0, 0.05) is 0 Å². The van der Waals surface area contributed by atoms with Gasteiger partial charge in [-0.25, -0.2) is 0 Å². The van der Waals surface area contributed by atoms with E-state index in [0.717, 1.165) is 25.7 Å². The monoisotopic (exact) mass is 438 g/mol. The van der Waals surface area contributed by atoms with Crippen LogP contribution in [0.4, 0.5) is 0 Å². The molecule has 0 heteroatoms. The summed E-state index contributed by atoms with van der Waals surface area (Å²) in [5.74, 6) is 0. The van der Waals surface area contributed by atoms with Gasteiger partial charge in [-0.15, -0.1) is 0 Å². The first kappa shape index (κ1) is 21.9. The highest BCUT2D eigenvalue weighted by atomic mass is 14.1. The predicted octanol–water partition coefficient (Wildman–Crippen LogP) is 8.05. The third-order valence-electron chi connectivity index (χ3n) is 6.59. The van der Waals surface area contributed by atoms with Gasteiger partial charge in [-0.1, -0.05) is 133 Å². The molecule has 0 amide bonds. The quantitative estimate of drug-likeness (QED) is 0.230. The average Bonchev–Trinajstić information content (AvgIpc) is 2.89. The molecule has 0 aliphatic carbocycles. The van der Waals surface area contributed by atoms with Gasteiger partial charge in [0.15, 0.2) is 0 Å². The number of hydrogen-bond acceptors (Lipinski definition) is 0. The lowest BCUT2D eigenvalue weighted by atomic mass is 9.90. The molecule has 0 N–H and O–H groups in total. The molecular formula is C34H30. The van der Waals surface area contributed by atoms with E-state index in [-0.39, 0.29) is 0 Å². The summed E-state index contributed by atoms with van der Waals surface area (Å²) >= 11 is 0. The van der Waals surface area contributed by atoms with Gasteiger partial charge < -0.3 is 0 Å². The Morgan fingerprint density at radius 3 is 0.765 bits per heavy atom. The summed E-state index contributed by atoms with van der Waals surface area (Å²) in [5.41, 5.74) is 11.2. The van der Waals surface area contributed by atoms with E-state index in [2.05, 4.69) is 133 Å². The van der Waals surface area contributed by atoms with E-state index < -0.39 is 0 Å². The Balaban J connectivity index is 1.40. The summed E-state index contributed by atoms with van der Waals surface area (Å²) in [7, 11) is 0. The molecule has 0 unspecified atom stereocenters. The van der Waals surface area contributed by atoms with E-state index in [0.29, 0.717) is 0 Å². The predicted molar refractivity (Wildman–Crippen MR) is 143 cm³/mol. The lowest BCUT2D eigenvalue weighted by Gasteiger charge is -2.15. The van der Waals surface area contributed by atoms with E-state index in [4.69, 9.17) is 0 Å². The highest BCUT2D eigenvalue weighted by molar-refractivity contribution is 5.42. The summed E-state index contributed by atoms with van der Waals surface area (Å²) in [4.78, 5) is 0. The maximum Gasteiger partial charge on any atom is -0.00201 e. The average molecular weight is 439 g/mol. The second-order valence-corrected chi connectivity index (χ2v) is 8.98. The molecule has 0 fully saturated rings. The summed E-state index contributed by atoms with van der Waals surface area (Å²) in [6, 6.07) is 48.3. The molecule has 0 bridgehead atoms. The van der Waals surface area contributed by atoms with Crippen LogP contribution in [-0.2, 0) is 25.7 Å². The van der Waals surface area contributed by atoms with Gasteiger partial charge >= 0.3 is 0 Å². The fourth-order valence-corrected chi connectivity index (χ4v) is 4.75. The van der Waals surface area contributed by atoms with E-state index in [9.17, 15) is 0 Å². The standard InChI is InChI=1S/C34H30/c1-3-13-27(14-4-1)23-29-17-7-9-19-31(29)25-33-21-11-12-22-34(33)26-32-20-10-8-18-30(32)24-28-15-5-2-6-16-28/h1-22H,23-26H2. The minimum absolute atomic E-state index is 0.958. The zero-order valence-electron chi connectivity index (χ0n) is 19.5. The van der Waals surface area contributed by atoms with Gasteiger partial charge in [-0.05, 0) is 70.2 Å². The molecule has 0 radical (unpaired) electrons. The second kappa shape index (κ2) is 10.8. The number of hydrogen-bond donors (Lipinski definition) is 0. The molecule has 0 saturated heterocycles. The first-order valence-electron chi connectivity index (χ1n) is 12.1. The highest BCUT2D eigenvalue weighted by Crippen LogP contribution is 2.24. The van der Waals surface area contributed by atoms with Crippen molar-refractivity contribution in [2.24, 2.45) is 0 Å². The summed E-state index contributed by atoms with van der Waals surface area (Å²) < 4.78 is 0. The van der Waals surface area contributed by atoms with Gasteiger partial charge in [0.05, 0.1) is 0 Å². The Hall–Kier alpha value is -3.90. The van der Waals surface area contributed by atoms with Gasteiger partial charge in [0.2, 0.25) is 0 Å². The SMILES string of the molecule is c1ccc(Cc2ccccc2Cc2ccccc2Cc2ccccc2Cc2ccccc2)cc1. The van der Waals surface area contributed by atoms with Crippen LogP contribution in [0.3, 0.4) is 0 Å². The highest BCUT2D eigenvalue weighted by Gasteiger charge is 2.10. The Morgan fingerprint density at radius 1 is 0.235 bits per heavy atom. The second-order valence-electron chi connectivity index (χ2n) is 8.98. The summed E-state index contributed by atoms with van der Waals surface area (Å²) in [6.45, 7) is 0. The van der Waals surface area contributed by atoms with Crippen LogP contribution in [-0.4, -0.2) is 0 Å². The third-order valence-corrected chi connectivity index (χ3v) is 6.59. The maximum absolute atomic E-state index is 2.30. The molecule has 0 spiro atoms. The van der Waals surface area contributed by atoms with Crippen LogP contribution in [0.2, 0.25) is 0 Å². The van der Waals surface area contributed by atoms with Crippen molar-refractivity contribution in [1.82, 2.24) is 0 Å². The van der Waals surface area contributed by atoms with Crippen molar-refractivity contribution in [1.29, 1.82) is 0 Å². The van der Waals surface area contributed by atoms with Crippen molar-refractivity contribution in [3.63, 3.8) is 0 Å². The minimum atomic E-state index is 0.958. The largest absolute Gasteiger partial charge is 0.0622 e. The first-order chi connectivity index (χ1) is 16.8. The Kier molecular flexibility index (Phi) is 6.97. The maximum atomic E-state index is 2.30. The Labute approximate surface area is 203 Å². The zero-order valence-corrected chi connectivity index (χ0v) is 19.5. The molecule has 0 aromatic heterocycles. The van der Waals surface area contributed by atoms with Crippen molar-refractivity contribution < 1.29 is 0 Å². The molecule has 0 heterocycles.